The molecule has 1 aromatic carbocycles. The quantitative estimate of drug-likeness (QED) is 0.852. The summed E-state index contributed by atoms with van der Waals surface area (Å²) in [6.07, 6.45) is 1.63. The van der Waals surface area contributed by atoms with Crippen LogP contribution in [0.25, 0.3) is 0 Å². The van der Waals surface area contributed by atoms with Crippen LogP contribution in [0.3, 0.4) is 0 Å². The predicted molar refractivity (Wildman–Crippen MR) is 72.8 cm³/mol. The van der Waals surface area contributed by atoms with Gasteiger partial charge in [-0.25, -0.2) is 0 Å². The van der Waals surface area contributed by atoms with Gasteiger partial charge >= 0.3 is 5.97 Å². The fraction of sp³-hybridized carbons (Fsp3) is 0.533. The van der Waals surface area contributed by atoms with E-state index in [4.69, 9.17) is 5.11 Å². The van der Waals surface area contributed by atoms with Gasteiger partial charge in [0.25, 0.3) is 0 Å². The Hall–Kier alpha value is -1.39. The summed E-state index contributed by atoms with van der Waals surface area (Å²) >= 11 is 0. The molecule has 104 valence electrons. The van der Waals surface area contributed by atoms with E-state index in [9.17, 15) is 9.90 Å². The third-order valence-corrected chi connectivity index (χ3v) is 3.79. The van der Waals surface area contributed by atoms with Gasteiger partial charge < -0.3 is 15.1 Å². The van der Waals surface area contributed by atoms with Crippen molar-refractivity contribution >= 4 is 5.97 Å². The van der Waals surface area contributed by atoms with Crippen LogP contribution in [0.2, 0.25) is 0 Å². The van der Waals surface area contributed by atoms with Crippen LogP contribution in [-0.2, 0) is 4.79 Å². The fourth-order valence-corrected chi connectivity index (χ4v) is 2.65. The molecule has 1 aliphatic rings. The molecular weight excluding hydrogens is 242 g/mol. The highest BCUT2D eigenvalue weighted by atomic mass is 16.4. The first-order valence-electron chi connectivity index (χ1n) is 6.82. The molecule has 0 bridgehead atoms. The molecule has 1 unspecified atom stereocenters. The molecule has 2 N–H and O–H groups in total. The highest BCUT2D eigenvalue weighted by molar-refractivity contribution is 5.67. The van der Waals surface area contributed by atoms with E-state index in [-0.39, 0.29) is 6.42 Å². The molecule has 1 atom stereocenters. The van der Waals surface area contributed by atoms with Crippen molar-refractivity contribution < 1.29 is 15.0 Å². The zero-order valence-electron chi connectivity index (χ0n) is 11.0. The highest BCUT2D eigenvalue weighted by Gasteiger charge is 2.22. The molecule has 0 radical (unpaired) electrons. The topological polar surface area (TPSA) is 60.8 Å². The van der Waals surface area contributed by atoms with Gasteiger partial charge in [0.2, 0.25) is 0 Å². The summed E-state index contributed by atoms with van der Waals surface area (Å²) in [6.45, 7) is 2.38. The van der Waals surface area contributed by atoms with Crippen LogP contribution in [0.5, 0.6) is 0 Å². The van der Waals surface area contributed by atoms with Gasteiger partial charge in [-0.3, -0.25) is 4.79 Å². The van der Waals surface area contributed by atoms with Gasteiger partial charge in [-0.1, -0.05) is 30.3 Å². The summed E-state index contributed by atoms with van der Waals surface area (Å²) < 4.78 is 0. The van der Waals surface area contributed by atoms with E-state index in [1.807, 2.05) is 30.3 Å². The Kier molecular flexibility index (Phi) is 4.93. The molecule has 0 aliphatic carbocycles. The summed E-state index contributed by atoms with van der Waals surface area (Å²) in [5.74, 6) is -0.412. The summed E-state index contributed by atoms with van der Waals surface area (Å²) in [6, 6.07) is 9.66. The monoisotopic (exact) mass is 263 g/mol. The number of carbonyl (C=O) groups is 1. The molecule has 19 heavy (non-hydrogen) atoms. The standard InChI is InChI=1S/C15H21NO3/c17-14(13-4-2-1-3-5-13)11-16-8-6-12(7-9-16)10-15(18)19/h1-5,12,14,17H,6-11H2,(H,18,19). The van der Waals surface area contributed by atoms with Gasteiger partial charge in [-0.05, 0) is 37.4 Å². The van der Waals surface area contributed by atoms with E-state index in [0.29, 0.717) is 12.5 Å². The average Bonchev–Trinajstić information content (AvgIpc) is 2.41. The molecule has 0 aromatic heterocycles. The van der Waals surface area contributed by atoms with Crippen LogP contribution >= 0.6 is 0 Å². The number of hydrogen-bond donors (Lipinski definition) is 2. The fourth-order valence-electron chi connectivity index (χ4n) is 2.65. The number of carboxylic acid groups (broad SMARTS) is 1. The molecule has 0 amide bonds. The minimum atomic E-state index is -0.706. The predicted octanol–water partition coefficient (Wildman–Crippen LogP) is 1.91. The molecule has 1 saturated heterocycles. The number of aliphatic carboxylic acids is 1. The Labute approximate surface area is 113 Å². The Bertz CT molecular complexity index is 399. The average molecular weight is 263 g/mol. The number of β-amino-alcohol motifs (C(OH)–C–C–N with tert-alkyl or cyclic N) is 1. The van der Waals surface area contributed by atoms with Crippen molar-refractivity contribution in [2.75, 3.05) is 19.6 Å². The second-order valence-corrected chi connectivity index (χ2v) is 5.27. The van der Waals surface area contributed by atoms with E-state index >= 15 is 0 Å². The molecule has 2 rings (SSSR count). The third kappa shape index (κ3) is 4.33. The minimum Gasteiger partial charge on any atom is -0.481 e. The lowest BCUT2D eigenvalue weighted by molar-refractivity contribution is -0.138. The largest absolute Gasteiger partial charge is 0.481 e. The van der Waals surface area contributed by atoms with E-state index in [2.05, 4.69) is 4.90 Å². The zero-order valence-corrected chi connectivity index (χ0v) is 11.0. The van der Waals surface area contributed by atoms with E-state index < -0.39 is 12.1 Å². The van der Waals surface area contributed by atoms with Crippen molar-refractivity contribution in [2.24, 2.45) is 5.92 Å². The van der Waals surface area contributed by atoms with Crippen LogP contribution in [0, 0.1) is 5.92 Å². The molecule has 0 saturated carbocycles. The van der Waals surface area contributed by atoms with Crippen molar-refractivity contribution in [3.8, 4) is 0 Å². The van der Waals surface area contributed by atoms with E-state index in [1.165, 1.54) is 0 Å². The van der Waals surface area contributed by atoms with Gasteiger partial charge in [0.15, 0.2) is 0 Å². The lowest BCUT2D eigenvalue weighted by atomic mass is 9.93. The van der Waals surface area contributed by atoms with Crippen molar-refractivity contribution in [1.29, 1.82) is 0 Å². The van der Waals surface area contributed by atoms with Crippen molar-refractivity contribution in [1.82, 2.24) is 4.90 Å². The summed E-state index contributed by atoms with van der Waals surface area (Å²) in [5.41, 5.74) is 0.940. The number of hydrogen-bond acceptors (Lipinski definition) is 3. The Morgan fingerprint density at radius 2 is 1.89 bits per heavy atom. The van der Waals surface area contributed by atoms with Crippen molar-refractivity contribution in [3.63, 3.8) is 0 Å². The number of nitrogens with zero attached hydrogens (tertiary/aromatic N) is 1. The molecule has 1 fully saturated rings. The number of piperidine rings is 1. The number of aliphatic hydroxyl groups excluding tert-OH is 1. The number of likely N-dealkylation sites (tertiary alicyclic amines) is 1. The van der Waals surface area contributed by atoms with Crippen LogP contribution in [-0.4, -0.2) is 40.7 Å². The SMILES string of the molecule is O=C(O)CC1CCN(CC(O)c2ccccc2)CC1. The first-order chi connectivity index (χ1) is 9.15. The van der Waals surface area contributed by atoms with E-state index in [0.717, 1.165) is 31.5 Å². The summed E-state index contributed by atoms with van der Waals surface area (Å²) in [4.78, 5) is 12.9. The molecular formula is C15H21NO3. The number of benzene rings is 1. The maximum Gasteiger partial charge on any atom is 0.303 e. The second kappa shape index (κ2) is 6.68. The summed E-state index contributed by atoms with van der Waals surface area (Å²) in [5, 5.41) is 18.9. The summed E-state index contributed by atoms with van der Waals surface area (Å²) in [7, 11) is 0. The highest BCUT2D eigenvalue weighted by Crippen LogP contribution is 2.22. The molecule has 4 heteroatoms. The number of rotatable bonds is 5. The Morgan fingerprint density at radius 3 is 2.47 bits per heavy atom. The van der Waals surface area contributed by atoms with Crippen LogP contribution in [0.1, 0.15) is 30.9 Å². The molecule has 0 spiro atoms. The first-order valence-corrected chi connectivity index (χ1v) is 6.82. The van der Waals surface area contributed by atoms with Gasteiger partial charge in [0.05, 0.1) is 6.10 Å². The Balaban J connectivity index is 1.78. The normalized spacial score (nSPS) is 19.2. The zero-order chi connectivity index (χ0) is 13.7. The van der Waals surface area contributed by atoms with Crippen LogP contribution < -0.4 is 0 Å². The molecule has 1 aliphatic heterocycles. The Morgan fingerprint density at radius 1 is 1.26 bits per heavy atom. The number of carboxylic acids is 1. The smallest absolute Gasteiger partial charge is 0.303 e. The molecule has 1 aromatic rings. The third-order valence-electron chi connectivity index (χ3n) is 3.79. The molecule has 1 heterocycles. The van der Waals surface area contributed by atoms with Crippen molar-refractivity contribution in [3.05, 3.63) is 35.9 Å². The minimum absolute atomic E-state index is 0.273. The number of aliphatic hydroxyl groups is 1. The van der Waals surface area contributed by atoms with Gasteiger partial charge in [-0.2, -0.15) is 0 Å². The second-order valence-electron chi connectivity index (χ2n) is 5.27. The molecule has 4 nitrogen and oxygen atoms in total. The van der Waals surface area contributed by atoms with E-state index in [1.54, 1.807) is 0 Å². The lowest BCUT2D eigenvalue weighted by Crippen LogP contribution is -2.37. The van der Waals surface area contributed by atoms with Gasteiger partial charge in [0, 0.05) is 13.0 Å². The van der Waals surface area contributed by atoms with Crippen LogP contribution in [0.4, 0.5) is 0 Å². The first kappa shape index (κ1) is 14.0. The maximum atomic E-state index is 10.7. The van der Waals surface area contributed by atoms with Crippen molar-refractivity contribution in [2.45, 2.75) is 25.4 Å². The van der Waals surface area contributed by atoms with Gasteiger partial charge in [0.1, 0.15) is 0 Å². The maximum absolute atomic E-state index is 10.7. The van der Waals surface area contributed by atoms with Crippen LogP contribution in [0.15, 0.2) is 30.3 Å². The van der Waals surface area contributed by atoms with Gasteiger partial charge in [-0.15, -0.1) is 0 Å². The lowest BCUT2D eigenvalue weighted by Gasteiger charge is -2.32.